The first-order valence-electron chi connectivity index (χ1n) is 7.40. The molecule has 1 aliphatic heterocycles. The third-order valence-corrected chi connectivity index (χ3v) is 5.74. The van der Waals surface area contributed by atoms with Crippen molar-refractivity contribution in [3.8, 4) is 0 Å². The van der Waals surface area contributed by atoms with Gasteiger partial charge >= 0.3 is 0 Å². The van der Waals surface area contributed by atoms with Crippen LogP contribution < -0.4 is 9.80 Å². The van der Waals surface area contributed by atoms with Crippen molar-refractivity contribution in [2.45, 2.75) is 33.2 Å². The van der Waals surface area contributed by atoms with E-state index >= 15 is 0 Å². The summed E-state index contributed by atoms with van der Waals surface area (Å²) in [5.41, 5.74) is 0.898. The van der Waals surface area contributed by atoms with Crippen molar-refractivity contribution in [1.82, 2.24) is 9.97 Å². The second-order valence-electron chi connectivity index (χ2n) is 5.51. The normalized spacial score (nSPS) is 20.5. The van der Waals surface area contributed by atoms with E-state index in [0.717, 1.165) is 24.6 Å². The fourth-order valence-corrected chi connectivity index (χ4v) is 4.42. The molecule has 0 aliphatic carbocycles. The van der Waals surface area contributed by atoms with E-state index in [1.807, 2.05) is 24.9 Å². The molecule has 1 aliphatic rings. The lowest BCUT2D eigenvalue weighted by atomic mass is 10.2. The Morgan fingerprint density at radius 3 is 2.48 bits per heavy atom. The van der Waals surface area contributed by atoms with Crippen LogP contribution in [0.4, 0.5) is 11.8 Å². The van der Waals surface area contributed by atoms with E-state index in [0.29, 0.717) is 12.4 Å². The molecule has 7 heteroatoms. The van der Waals surface area contributed by atoms with Crippen LogP contribution in [0.25, 0.3) is 0 Å². The van der Waals surface area contributed by atoms with Crippen molar-refractivity contribution in [1.29, 1.82) is 0 Å². The molecule has 0 aromatic carbocycles. The lowest BCUT2D eigenvalue weighted by Gasteiger charge is -2.26. The highest BCUT2D eigenvalue weighted by Gasteiger charge is 2.32. The molecule has 1 atom stereocenters. The summed E-state index contributed by atoms with van der Waals surface area (Å²) in [7, 11) is -1.02. The molecular weight excluding hydrogens is 288 g/mol. The third-order valence-electron chi connectivity index (χ3n) is 3.99. The Bertz CT molecular complexity index is 599. The van der Waals surface area contributed by atoms with Crippen molar-refractivity contribution in [2.75, 3.05) is 41.4 Å². The minimum absolute atomic E-state index is 0.0265. The quantitative estimate of drug-likeness (QED) is 0.815. The molecule has 0 spiro atoms. The standard InChI is InChI=1S/C14H24N4O2S/c1-5-18(6-2)13-9-11(3)15-14(16-13)17(4)12-7-8-21(19,20)10-12/h9,12H,5-8,10H2,1-4H3. The first-order chi connectivity index (χ1) is 9.86. The Hall–Kier alpha value is -1.37. The molecule has 2 rings (SSSR count). The summed E-state index contributed by atoms with van der Waals surface area (Å²) in [6.07, 6.45) is 0.650. The first kappa shape index (κ1) is 16.0. The number of aromatic nitrogens is 2. The highest BCUT2D eigenvalue weighted by atomic mass is 32.2. The van der Waals surface area contributed by atoms with Crippen molar-refractivity contribution in [2.24, 2.45) is 0 Å². The van der Waals surface area contributed by atoms with Crippen molar-refractivity contribution in [3.63, 3.8) is 0 Å². The van der Waals surface area contributed by atoms with E-state index in [4.69, 9.17) is 0 Å². The molecule has 1 aromatic heterocycles. The maximum Gasteiger partial charge on any atom is 0.227 e. The second-order valence-corrected chi connectivity index (χ2v) is 7.74. The number of rotatable bonds is 5. The molecule has 0 saturated carbocycles. The molecule has 6 nitrogen and oxygen atoms in total. The largest absolute Gasteiger partial charge is 0.357 e. The highest BCUT2D eigenvalue weighted by molar-refractivity contribution is 7.91. The number of sulfone groups is 1. The van der Waals surface area contributed by atoms with Crippen LogP contribution in [-0.2, 0) is 9.84 Å². The van der Waals surface area contributed by atoms with E-state index < -0.39 is 9.84 Å². The van der Waals surface area contributed by atoms with Crippen molar-refractivity contribution >= 4 is 21.6 Å². The van der Waals surface area contributed by atoms with Gasteiger partial charge in [0.2, 0.25) is 5.95 Å². The van der Waals surface area contributed by atoms with Gasteiger partial charge in [-0.05, 0) is 27.2 Å². The summed E-state index contributed by atoms with van der Waals surface area (Å²) in [6, 6.07) is 1.94. The molecule has 0 bridgehead atoms. The maximum absolute atomic E-state index is 11.6. The van der Waals surface area contributed by atoms with Crippen molar-refractivity contribution in [3.05, 3.63) is 11.8 Å². The van der Waals surface area contributed by atoms with Gasteiger partial charge in [-0.2, -0.15) is 4.98 Å². The Kier molecular flexibility index (Phi) is 4.70. The number of aryl methyl sites for hydroxylation is 1. The fraction of sp³-hybridized carbons (Fsp3) is 0.714. The molecule has 1 aromatic rings. The highest BCUT2D eigenvalue weighted by Crippen LogP contribution is 2.22. The van der Waals surface area contributed by atoms with Crippen LogP contribution in [0.2, 0.25) is 0 Å². The molecule has 0 N–H and O–H groups in total. The van der Waals surface area contributed by atoms with Gasteiger partial charge in [0.15, 0.2) is 9.84 Å². The van der Waals surface area contributed by atoms with Crippen LogP contribution in [0.15, 0.2) is 6.07 Å². The predicted molar refractivity (Wildman–Crippen MR) is 85.8 cm³/mol. The average Bonchev–Trinajstić information content (AvgIpc) is 2.79. The van der Waals surface area contributed by atoms with Gasteiger partial charge in [0.05, 0.1) is 11.5 Å². The molecule has 21 heavy (non-hydrogen) atoms. The van der Waals surface area contributed by atoms with Gasteiger partial charge in [-0.1, -0.05) is 0 Å². The van der Waals surface area contributed by atoms with Gasteiger partial charge in [0.1, 0.15) is 5.82 Å². The monoisotopic (exact) mass is 312 g/mol. The van der Waals surface area contributed by atoms with Crippen LogP contribution in [0.5, 0.6) is 0 Å². The van der Waals surface area contributed by atoms with Crippen molar-refractivity contribution < 1.29 is 8.42 Å². The van der Waals surface area contributed by atoms with Gasteiger partial charge in [-0.15, -0.1) is 0 Å². The minimum atomic E-state index is -2.90. The zero-order chi connectivity index (χ0) is 15.6. The number of hydrogen-bond acceptors (Lipinski definition) is 6. The molecule has 1 unspecified atom stereocenters. The van der Waals surface area contributed by atoms with E-state index in [1.54, 1.807) is 0 Å². The third kappa shape index (κ3) is 3.64. The van der Waals surface area contributed by atoms with Crippen LogP contribution >= 0.6 is 0 Å². The second kappa shape index (κ2) is 6.17. The molecule has 2 heterocycles. The molecule has 0 amide bonds. The summed E-state index contributed by atoms with van der Waals surface area (Å²) in [5, 5.41) is 0. The van der Waals surface area contributed by atoms with E-state index in [-0.39, 0.29) is 17.5 Å². The molecular formula is C14H24N4O2S. The summed E-state index contributed by atoms with van der Waals surface area (Å²) < 4.78 is 23.3. The van der Waals surface area contributed by atoms with Crippen LogP contribution in [0.1, 0.15) is 26.0 Å². The summed E-state index contributed by atoms with van der Waals surface area (Å²) in [6.45, 7) is 7.89. The smallest absolute Gasteiger partial charge is 0.227 e. The van der Waals surface area contributed by atoms with Gasteiger partial charge in [-0.25, -0.2) is 13.4 Å². The topological polar surface area (TPSA) is 66.4 Å². The van der Waals surface area contributed by atoms with E-state index in [9.17, 15) is 8.42 Å². The Labute approximate surface area is 127 Å². The lowest BCUT2D eigenvalue weighted by Crippen LogP contribution is -2.34. The number of hydrogen-bond donors (Lipinski definition) is 0. The summed E-state index contributed by atoms with van der Waals surface area (Å²) in [4.78, 5) is 13.2. The Balaban J connectivity index is 2.27. The van der Waals surface area contributed by atoms with Crippen LogP contribution in [-0.4, -0.2) is 56.1 Å². The molecule has 1 fully saturated rings. The van der Waals surface area contributed by atoms with E-state index in [2.05, 4.69) is 28.7 Å². The minimum Gasteiger partial charge on any atom is -0.357 e. The fourth-order valence-electron chi connectivity index (χ4n) is 2.65. The first-order valence-corrected chi connectivity index (χ1v) is 9.22. The molecule has 0 radical (unpaired) electrons. The zero-order valence-electron chi connectivity index (χ0n) is 13.2. The number of anilines is 2. The molecule has 118 valence electrons. The van der Waals surface area contributed by atoms with Crippen LogP contribution in [0, 0.1) is 6.92 Å². The Morgan fingerprint density at radius 2 is 1.95 bits per heavy atom. The number of nitrogens with zero attached hydrogens (tertiary/aromatic N) is 4. The average molecular weight is 312 g/mol. The zero-order valence-corrected chi connectivity index (χ0v) is 14.0. The SMILES string of the molecule is CCN(CC)c1cc(C)nc(N(C)C2CCS(=O)(=O)C2)n1. The Morgan fingerprint density at radius 1 is 1.29 bits per heavy atom. The summed E-state index contributed by atoms with van der Waals surface area (Å²) >= 11 is 0. The van der Waals surface area contributed by atoms with E-state index in [1.165, 1.54) is 0 Å². The predicted octanol–water partition coefficient (Wildman–Crippen LogP) is 1.25. The molecule has 1 saturated heterocycles. The van der Waals surface area contributed by atoms with Gasteiger partial charge in [-0.3, -0.25) is 0 Å². The van der Waals surface area contributed by atoms with Crippen LogP contribution in [0.3, 0.4) is 0 Å². The van der Waals surface area contributed by atoms with Gasteiger partial charge in [0, 0.05) is 37.9 Å². The van der Waals surface area contributed by atoms with Gasteiger partial charge in [0.25, 0.3) is 0 Å². The van der Waals surface area contributed by atoms with Gasteiger partial charge < -0.3 is 9.80 Å². The maximum atomic E-state index is 11.6. The lowest BCUT2D eigenvalue weighted by molar-refractivity contribution is 0.600. The summed E-state index contributed by atoms with van der Waals surface area (Å²) in [5.74, 6) is 1.97.